The quantitative estimate of drug-likeness (QED) is 0.238. The molecule has 9 nitrogen and oxygen atoms in total. The summed E-state index contributed by atoms with van der Waals surface area (Å²) in [5.41, 5.74) is -0.942. The summed E-state index contributed by atoms with van der Waals surface area (Å²) in [6, 6.07) is 5.88. The number of ether oxygens (including phenoxy) is 2. The van der Waals surface area contributed by atoms with Crippen LogP contribution >= 0.6 is 0 Å². The summed E-state index contributed by atoms with van der Waals surface area (Å²) in [6.07, 6.45) is -7.45. The van der Waals surface area contributed by atoms with E-state index in [-0.39, 0.29) is 24.4 Å². The van der Waals surface area contributed by atoms with Crippen molar-refractivity contribution in [3.8, 4) is 16.9 Å². The molecule has 0 unspecified atom stereocenters. The van der Waals surface area contributed by atoms with E-state index in [1.54, 1.807) is 12.3 Å². The van der Waals surface area contributed by atoms with E-state index < -0.39 is 53.3 Å². The molecule has 3 aliphatic rings. The van der Waals surface area contributed by atoms with Crippen molar-refractivity contribution in [3.05, 3.63) is 70.5 Å². The lowest BCUT2D eigenvalue weighted by molar-refractivity contribution is -0.144. The molecule has 1 N–H and O–H groups in total. The SMILES string of the molecule is COc1ccc(C2CCC(C(=O)O)CC2)cc1-c1cnc(N2CCC2)nc1CN1C(=O)O[C@H](c2cc(C(F)(F)F)cc(C(F)(F)F)c2)[C@@H]1C. The Bertz CT molecular complexity index is 1700. The normalized spacial score (nSPS) is 22.9. The number of aromatic nitrogens is 2. The summed E-state index contributed by atoms with van der Waals surface area (Å²) in [7, 11) is 1.50. The Kier molecular flexibility index (Phi) is 9.14. The highest BCUT2D eigenvalue weighted by Crippen LogP contribution is 2.43. The Morgan fingerprint density at radius 1 is 0.959 bits per heavy atom. The van der Waals surface area contributed by atoms with E-state index in [1.807, 2.05) is 17.0 Å². The van der Waals surface area contributed by atoms with Gasteiger partial charge in [0.25, 0.3) is 0 Å². The third kappa shape index (κ3) is 6.97. The minimum atomic E-state index is -5.06. The van der Waals surface area contributed by atoms with Gasteiger partial charge in [0.1, 0.15) is 11.9 Å². The molecule has 49 heavy (non-hydrogen) atoms. The van der Waals surface area contributed by atoms with Crippen molar-refractivity contribution in [3.63, 3.8) is 0 Å². The fraction of sp³-hybridized carbons (Fsp3) is 0.471. The third-order valence-electron chi connectivity index (χ3n) is 9.71. The molecule has 1 aromatic heterocycles. The molecule has 6 rings (SSSR count). The van der Waals surface area contributed by atoms with Crippen molar-refractivity contribution in [2.24, 2.45) is 5.92 Å². The van der Waals surface area contributed by atoms with Gasteiger partial charge in [0.15, 0.2) is 0 Å². The Hall–Kier alpha value is -4.56. The lowest BCUT2D eigenvalue weighted by atomic mass is 9.78. The van der Waals surface area contributed by atoms with Crippen molar-refractivity contribution in [1.29, 1.82) is 0 Å². The van der Waals surface area contributed by atoms with Crippen molar-refractivity contribution >= 4 is 18.0 Å². The maximum absolute atomic E-state index is 13.6. The highest BCUT2D eigenvalue weighted by atomic mass is 19.4. The predicted molar refractivity (Wildman–Crippen MR) is 164 cm³/mol. The molecule has 1 saturated carbocycles. The van der Waals surface area contributed by atoms with Gasteiger partial charge in [-0.05, 0) is 86.4 Å². The fourth-order valence-corrected chi connectivity index (χ4v) is 6.75. The summed E-state index contributed by atoms with van der Waals surface area (Å²) in [4.78, 5) is 37.3. The summed E-state index contributed by atoms with van der Waals surface area (Å²) in [5.74, 6) is -0.179. The number of carboxylic acids is 1. The number of carboxylic acid groups (broad SMARTS) is 1. The Morgan fingerprint density at radius 2 is 1.61 bits per heavy atom. The number of carbonyl (C=O) groups is 2. The second-order valence-electron chi connectivity index (χ2n) is 12.7. The molecule has 3 aromatic rings. The van der Waals surface area contributed by atoms with Gasteiger partial charge in [0.05, 0.1) is 42.4 Å². The number of hydrogen-bond acceptors (Lipinski definition) is 7. The van der Waals surface area contributed by atoms with E-state index in [9.17, 15) is 41.0 Å². The second kappa shape index (κ2) is 13.0. The smallest absolute Gasteiger partial charge is 0.416 e. The number of aliphatic carboxylic acids is 1. The summed E-state index contributed by atoms with van der Waals surface area (Å²) >= 11 is 0. The van der Waals surface area contributed by atoms with Crippen LogP contribution in [0, 0.1) is 5.92 Å². The molecule has 0 bridgehead atoms. The van der Waals surface area contributed by atoms with E-state index in [4.69, 9.17) is 14.5 Å². The molecule has 0 radical (unpaired) electrons. The Morgan fingerprint density at radius 3 is 2.16 bits per heavy atom. The van der Waals surface area contributed by atoms with Crippen LogP contribution in [0.1, 0.15) is 79.0 Å². The summed E-state index contributed by atoms with van der Waals surface area (Å²) in [6.45, 7) is 2.75. The molecule has 2 aliphatic heterocycles. The summed E-state index contributed by atoms with van der Waals surface area (Å²) < 4.78 is 92.9. The number of rotatable bonds is 8. The number of amides is 1. The molecule has 262 valence electrons. The van der Waals surface area contributed by atoms with Gasteiger partial charge >= 0.3 is 24.4 Å². The molecule has 15 heteroatoms. The van der Waals surface area contributed by atoms with Crippen molar-refractivity contribution < 1.29 is 50.5 Å². The average Bonchev–Trinajstić information content (AvgIpc) is 3.31. The third-order valence-corrected chi connectivity index (χ3v) is 9.71. The number of anilines is 1. The van der Waals surface area contributed by atoms with Gasteiger partial charge in [0, 0.05) is 30.4 Å². The van der Waals surface area contributed by atoms with Gasteiger partial charge in [-0.2, -0.15) is 26.3 Å². The fourth-order valence-electron chi connectivity index (χ4n) is 6.75. The molecule has 2 aromatic carbocycles. The highest BCUT2D eigenvalue weighted by molar-refractivity contribution is 5.75. The van der Waals surface area contributed by atoms with Crippen molar-refractivity contribution in [2.45, 2.75) is 76.0 Å². The Labute approximate surface area is 277 Å². The molecule has 1 amide bonds. The first kappa shape index (κ1) is 34.3. The largest absolute Gasteiger partial charge is 0.496 e. The number of cyclic esters (lactones) is 1. The number of hydrogen-bond donors (Lipinski definition) is 1. The highest BCUT2D eigenvalue weighted by Gasteiger charge is 2.44. The monoisotopic (exact) mass is 692 g/mol. The van der Waals surface area contributed by atoms with Crippen LogP contribution in [-0.4, -0.2) is 58.3 Å². The zero-order valence-corrected chi connectivity index (χ0v) is 26.6. The van der Waals surface area contributed by atoms with E-state index >= 15 is 0 Å². The van der Waals surface area contributed by atoms with Crippen molar-refractivity contribution in [2.75, 3.05) is 25.1 Å². The van der Waals surface area contributed by atoms with Gasteiger partial charge in [-0.15, -0.1) is 0 Å². The first-order chi connectivity index (χ1) is 23.1. The minimum absolute atomic E-state index is 0.0342. The first-order valence-corrected chi connectivity index (χ1v) is 15.9. The van der Waals surface area contributed by atoms with E-state index in [1.165, 1.54) is 18.9 Å². The number of alkyl halides is 6. The molecule has 2 atom stereocenters. The minimum Gasteiger partial charge on any atom is -0.496 e. The lowest BCUT2D eigenvalue weighted by Crippen LogP contribution is -2.39. The van der Waals surface area contributed by atoms with Crippen LogP contribution in [-0.2, 0) is 28.4 Å². The van der Waals surface area contributed by atoms with Crippen LogP contribution in [0.5, 0.6) is 5.75 Å². The first-order valence-electron chi connectivity index (χ1n) is 15.9. The van der Waals surface area contributed by atoms with E-state index in [2.05, 4.69) is 4.98 Å². The van der Waals surface area contributed by atoms with Crippen LogP contribution in [0.15, 0.2) is 42.6 Å². The van der Waals surface area contributed by atoms with E-state index in [0.29, 0.717) is 66.3 Å². The van der Waals surface area contributed by atoms with Crippen LogP contribution in [0.2, 0.25) is 0 Å². The van der Waals surface area contributed by atoms with Crippen LogP contribution in [0.3, 0.4) is 0 Å². The molecule has 1 aliphatic carbocycles. The number of nitrogens with zero attached hydrogens (tertiary/aromatic N) is 4. The molecule has 0 spiro atoms. The number of halogens is 6. The molecular weight excluding hydrogens is 658 g/mol. The van der Waals surface area contributed by atoms with E-state index in [0.717, 1.165) is 25.1 Å². The number of methoxy groups -OCH3 is 1. The van der Waals surface area contributed by atoms with Gasteiger partial charge in [0.2, 0.25) is 5.95 Å². The van der Waals surface area contributed by atoms with Gasteiger partial charge in [-0.1, -0.05) is 6.07 Å². The maximum atomic E-state index is 13.6. The number of carbonyl (C=O) groups excluding carboxylic acids is 1. The average molecular weight is 693 g/mol. The molecule has 2 saturated heterocycles. The zero-order valence-electron chi connectivity index (χ0n) is 26.6. The maximum Gasteiger partial charge on any atom is 0.416 e. The lowest BCUT2D eigenvalue weighted by Gasteiger charge is -2.31. The predicted octanol–water partition coefficient (Wildman–Crippen LogP) is 7.84. The van der Waals surface area contributed by atoms with Crippen LogP contribution in [0.25, 0.3) is 11.1 Å². The van der Waals surface area contributed by atoms with Crippen molar-refractivity contribution in [1.82, 2.24) is 14.9 Å². The second-order valence-corrected chi connectivity index (χ2v) is 12.7. The molecule has 3 fully saturated rings. The standard InChI is InChI=1S/C34H34F6N4O5/c1-18-29(22-12-23(33(35,36)37)15-24(13-22)34(38,39)40)49-32(47)44(18)17-27-26(16-41-31(42-27)43-10-3-11-43)25-14-21(8-9-28(25)48-2)19-4-6-20(7-5-19)30(45)46/h8-9,12-16,18-20,29H,3-7,10-11,17H2,1-2H3,(H,45,46)/t18-,19?,20?,29-/m0/s1. The van der Waals surface area contributed by atoms with Crippen LogP contribution in [0.4, 0.5) is 37.1 Å². The zero-order chi connectivity index (χ0) is 35.2. The van der Waals surface area contributed by atoms with Gasteiger partial charge < -0.3 is 19.5 Å². The molecular formula is C34H34F6N4O5. The van der Waals surface area contributed by atoms with Gasteiger partial charge in [-0.25, -0.2) is 14.8 Å². The summed E-state index contributed by atoms with van der Waals surface area (Å²) in [5, 5.41) is 9.43. The topological polar surface area (TPSA) is 105 Å². The van der Waals surface area contributed by atoms with Gasteiger partial charge in [-0.3, -0.25) is 9.69 Å². The van der Waals surface area contributed by atoms with Crippen LogP contribution < -0.4 is 9.64 Å². The molecule has 3 heterocycles. The Balaban J connectivity index is 1.35. The number of benzene rings is 2.